The maximum atomic E-state index is 10.9. The number of aromatic nitrogens is 1. The largest absolute Gasteiger partial charge is 0.408 e. The molecule has 0 saturated heterocycles. The van der Waals surface area contributed by atoms with E-state index in [0.717, 1.165) is 29.3 Å². The van der Waals surface area contributed by atoms with Crippen molar-refractivity contribution in [2.75, 3.05) is 17.2 Å². The smallest absolute Gasteiger partial charge is 0.367 e. The van der Waals surface area contributed by atoms with Crippen LogP contribution in [0.25, 0.3) is 0 Å². The van der Waals surface area contributed by atoms with E-state index in [4.69, 9.17) is 4.55 Å². The summed E-state index contributed by atoms with van der Waals surface area (Å²) < 4.78 is 32.6. The number of aryl methyl sites for hydroxylation is 2. The van der Waals surface area contributed by atoms with Gasteiger partial charge in [0.15, 0.2) is 0 Å². The number of hydrogen-bond acceptors (Lipinski definition) is 6. The molecule has 1 heterocycles. The van der Waals surface area contributed by atoms with Gasteiger partial charge in [0.1, 0.15) is 11.9 Å². The third-order valence-corrected chi connectivity index (χ3v) is 6.43. The van der Waals surface area contributed by atoms with Gasteiger partial charge in [0.05, 0.1) is 17.4 Å². The summed E-state index contributed by atoms with van der Waals surface area (Å²) in [7, 11) is -3.96. The molecule has 0 unspecified atom stereocenters. The molecule has 0 fully saturated rings. The predicted octanol–water partition coefficient (Wildman–Crippen LogP) is 5.06. The van der Waals surface area contributed by atoms with E-state index in [9.17, 15) is 8.42 Å². The fourth-order valence-electron chi connectivity index (χ4n) is 3.18. The molecule has 7 nitrogen and oxygen atoms in total. The summed E-state index contributed by atoms with van der Waals surface area (Å²) in [6, 6.07) is 18.3. The van der Waals surface area contributed by atoms with Crippen LogP contribution in [0.15, 0.2) is 71.0 Å². The second-order valence-corrected chi connectivity index (χ2v) is 9.96. The van der Waals surface area contributed by atoms with E-state index in [1.165, 1.54) is 16.9 Å². The van der Waals surface area contributed by atoms with E-state index >= 15 is 0 Å². The SMILES string of the molecule is CCN(Cc1ccccc1)c1ccc(N=Nc2sc(C)c[n+]2CCCS(=O)(=O)O)cc1. The summed E-state index contributed by atoms with van der Waals surface area (Å²) >= 11 is 1.49. The van der Waals surface area contributed by atoms with Crippen LogP contribution in [0.1, 0.15) is 23.8 Å². The zero-order valence-electron chi connectivity index (χ0n) is 17.7. The second-order valence-electron chi connectivity index (χ2n) is 7.17. The maximum absolute atomic E-state index is 10.9. The summed E-state index contributed by atoms with van der Waals surface area (Å²) in [5, 5.41) is 9.39. The van der Waals surface area contributed by atoms with Crippen LogP contribution < -0.4 is 9.47 Å². The molecule has 31 heavy (non-hydrogen) atoms. The molecule has 0 aliphatic heterocycles. The van der Waals surface area contributed by atoms with E-state index in [-0.39, 0.29) is 5.75 Å². The van der Waals surface area contributed by atoms with Crippen LogP contribution in [0, 0.1) is 6.92 Å². The van der Waals surface area contributed by atoms with Crippen LogP contribution >= 0.6 is 11.3 Å². The Hall–Kier alpha value is -2.62. The molecule has 9 heteroatoms. The highest BCUT2D eigenvalue weighted by Gasteiger charge is 2.16. The third-order valence-electron chi connectivity index (χ3n) is 4.70. The van der Waals surface area contributed by atoms with Crippen LogP contribution in [0.3, 0.4) is 0 Å². The third kappa shape index (κ3) is 7.23. The number of anilines is 1. The molecule has 0 spiro atoms. The van der Waals surface area contributed by atoms with Crippen molar-refractivity contribution in [3.63, 3.8) is 0 Å². The number of thiazole rings is 1. The fraction of sp³-hybridized carbons (Fsp3) is 0.318. The monoisotopic (exact) mass is 459 g/mol. The Kier molecular flexibility index (Phi) is 7.89. The molecular weight excluding hydrogens is 432 g/mol. The lowest BCUT2D eigenvalue weighted by Crippen LogP contribution is -2.32. The number of benzene rings is 2. The molecule has 0 amide bonds. The lowest BCUT2D eigenvalue weighted by atomic mass is 10.2. The fourth-order valence-corrected chi connectivity index (χ4v) is 4.48. The van der Waals surface area contributed by atoms with E-state index in [1.807, 2.05) is 60.2 Å². The van der Waals surface area contributed by atoms with Crippen LogP contribution in [0.4, 0.5) is 16.5 Å². The molecule has 0 aliphatic rings. The summed E-state index contributed by atoms with van der Waals surface area (Å²) in [6.07, 6.45) is 2.22. The Morgan fingerprint density at radius 1 is 1.06 bits per heavy atom. The van der Waals surface area contributed by atoms with E-state index in [2.05, 4.69) is 34.2 Å². The van der Waals surface area contributed by atoms with Crippen molar-refractivity contribution in [3.8, 4) is 0 Å². The van der Waals surface area contributed by atoms with Crippen molar-refractivity contribution < 1.29 is 17.5 Å². The van der Waals surface area contributed by atoms with Gasteiger partial charge in [0, 0.05) is 30.1 Å². The lowest BCUT2D eigenvalue weighted by Gasteiger charge is -2.23. The van der Waals surface area contributed by atoms with Gasteiger partial charge in [-0.15, -0.1) is 0 Å². The normalized spacial score (nSPS) is 11.8. The van der Waals surface area contributed by atoms with Crippen LogP contribution in [0.2, 0.25) is 0 Å². The highest BCUT2D eigenvalue weighted by molar-refractivity contribution is 7.85. The first-order valence-electron chi connectivity index (χ1n) is 10.1. The number of hydrogen-bond donors (Lipinski definition) is 1. The first-order valence-corrected chi connectivity index (χ1v) is 12.5. The van der Waals surface area contributed by atoms with Gasteiger partial charge in [-0.1, -0.05) is 30.3 Å². The molecule has 1 N–H and O–H groups in total. The predicted molar refractivity (Wildman–Crippen MR) is 124 cm³/mol. The van der Waals surface area contributed by atoms with Gasteiger partial charge in [-0.2, -0.15) is 8.42 Å². The second kappa shape index (κ2) is 10.6. The van der Waals surface area contributed by atoms with Gasteiger partial charge in [0.2, 0.25) is 0 Å². The molecule has 0 atom stereocenters. The van der Waals surface area contributed by atoms with Gasteiger partial charge in [-0.05, 0) is 60.1 Å². The number of nitrogens with zero attached hydrogens (tertiary/aromatic N) is 4. The minimum atomic E-state index is -3.96. The van der Waals surface area contributed by atoms with Crippen LogP contribution in [0.5, 0.6) is 0 Å². The summed E-state index contributed by atoms with van der Waals surface area (Å²) in [6.45, 7) is 6.28. The molecule has 164 valence electrons. The van der Waals surface area contributed by atoms with Gasteiger partial charge in [-0.3, -0.25) is 4.55 Å². The Balaban J connectivity index is 1.67. The number of rotatable bonds is 10. The molecule has 0 saturated carbocycles. The van der Waals surface area contributed by atoms with E-state index < -0.39 is 10.1 Å². The Morgan fingerprint density at radius 3 is 2.42 bits per heavy atom. The standard InChI is InChI=1S/C22H26N4O3S2/c1-3-25(17-19-8-5-4-6-9-19)21-12-10-20(11-13-21)23-24-22-26(16-18(2)30-22)14-7-15-31(27,28)29/h4-6,8-13,16H,3,7,14-15,17H2,1-2H3/p+1. The first kappa shape index (κ1) is 23.1. The van der Waals surface area contributed by atoms with Crippen molar-refractivity contribution in [3.05, 3.63) is 71.2 Å². The van der Waals surface area contributed by atoms with Gasteiger partial charge < -0.3 is 4.90 Å². The summed E-state index contributed by atoms with van der Waals surface area (Å²) in [4.78, 5) is 3.35. The zero-order valence-corrected chi connectivity index (χ0v) is 19.3. The first-order chi connectivity index (χ1) is 14.8. The zero-order chi connectivity index (χ0) is 22.3. The minimum Gasteiger partial charge on any atom is -0.367 e. The van der Waals surface area contributed by atoms with Gasteiger partial charge in [-0.25, -0.2) is 4.57 Å². The van der Waals surface area contributed by atoms with Crippen molar-refractivity contribution in [2.24, 2.45) is 10.2 Å². The quantitative estimate of drug-likeness (QED) is 0.261. The molecule has 1 aromatic heterocycles. The molecular formula is C22H27N4O3S2+. The van der Waals surface area contributed by atoms with Crippen LogP contribution in [-0.4, -0.2) is 25.3 Å². The highest BCUT2D eigenvalue weighted by Crippen LogP contribution is 2.25. The van der Waals surface area contributed by atoms with Crippen LogP contribution in [-0.2, 0) is 23.2 Å². The van der Waals surface area contributed by atoms with Crippen molar-refractivity contribution >= 4 is 38.0 Å². The minimum absolute atomic E-state index is 0.274. The molecule has 3 rings (SSSR count). The maximum Gasteiger partial charge on any atom is 0.408 e. The van der Waals surface area contributed by atoms with Crippen molar-refractivity contribution in [1.29, 1.82) is 0 Å². The average Bonchev–Trinajstić information content (AvgIpc) is 3.10. The van der Waals surface area contributed by atoms with Gasteiger partial charge >= 0.3 is 5.13 Å². The Morgan fingerprint density at radius 2 is 1.77 bits per heavy atom. The number of azo groups is 1. The summed E-state index contributed by atoms with van der Waals surface area (Å²) in [5.74, 6) is -0.274. The Bertz CT molecular complexity index is 1110. The van der Waals surface area contributed by atoms with Crippen molar-refractivity contribution in [2.45, 2.75) is 33.4 Å². The lowest BCUT2D eigenvalue weighted by molar-refractivity contribution is -0.680. The summed E-state index contributed by atoms with van der Waals surface area (Å²) in [5.41, 5.74) is 3.13. The molecule has 0 aliphatic carbocycles. The topological polar surface area (TPSA) is 86.2 Å². The molecule has 3 aromatic rings. The Labute approximate surface area is 187 Å². The van der Waals surface area contributed by atoms with Crippen molar-refractivity contribution in [1.82, 2.24) is 0 Å². The van der Waals surface area contributed by atoms with E-state index in [0.29, 0.717) is 18.1 Å². The molecule has 0 bridgehead atoms. The molecule has 0 radical (unpaired) electrons. The highest BCUT2D eigenvalue weighted by atomic mass is 32.2. The average molecular weight is 460 g/mol. The van der Waals surface area contributed by atoms with Gasteiger partial charge in [0.25, 0.3) is 10.1 Å². The van der Waals surface area contributed by atoms with E-state index in [1.54, 1.807) is 0 Å². The molecule has 2 aromatic carbocycles.